The van der Waals surface area contributed by atoms with Crippen molar-refractivity contribution < 1.29 is 42.8 Å². The summed E-state index contributed by atoms with van der Waals surface area (Å²) in [5, 5.41) is -6.84. The zero-order valence-electron chi connectivity index (χ0n) is 51.4. The van der Waals surface area contributed by atoms with Crippen LogP contribution in [0.3, 0.4) is 0 Å². The van der Waals surface area contributed by atoms with Crippen molar-refractivity contribution in [3.8, 4) is 33.4 Å². The molecule has 0 aliphatic rings. The Hall–Kier alpha value is -6.18. The summed E-state index contributed by atoms with van der Waals surface area (Å²) in [5.41, 5.74) is -5.74. The van der Waals surface area contributed by atoms with Crippen molar-refractivity contribution in [2.75, 3.05) is 0 Å². The zero-order chi connectivity index (χ0) is 55.3. The van der Waals surface area contributed by atoms with Gasteiger partial charge in [0.15, 0.2) is 0 Å². The van der Waals surface area contributed by atoms with Crippen molar-refractivity contribution in [1.82, 2.24) is 0 Å². The van der Waals surface area contributed by atoms with Gasteiger partial charge < -0.3 is 4.42 Å². The van der Waals surface area contributed by atoms with E-state index in [0.29, 0.717) is 0 Å². The maximum absolute atomic E-state index is 9.89. The molecule has 0 saturated carbocycles. The Morgan fingerprint density at radius 3 is 1.53 bits per heavy atom. The van der Waals surface area contributed by atoms with Gasteiger partial charge in [-0.25, -0.2) is 0 Å². The lowest BCUT2D eigenvalue weighted by atomic mass is 9.83. The molecular weight excluding hydrogens is 569 g/mol. The summed E-state index contributed by atoms with van der Waals surface area (Å²) >= 11 is 0. The molecular formula is C46H28O. The van der Waals surface area contributed by atoms with E-state index in [1.165, 1.54) is 0 Å². The molecule has 10 aromatic rings. The average Bonchev–Trinajstić information content (AvgIpc) is 3.84. The third kappa shape index (κ3) is 3.90. The third-order valence-electron chi connectivity index (χ3n) is 7.82. The van der Waals surface area contributed by atoms with E-state index < -0.39 is 268 Å². The summed E-state index contributed by atoms with van der Waals surface area (Å²) in [5.74, 6) is 0. The van der Waals surface area contributed by atoms with Crippen LogP contribution < -0.4 is 0 Å². The molecule has 1 nitrogen and oxygen atoms in total. The van der Waals surface area contributed by atoms with Gasteiger partial charge in [0.1, 0.15) is 11.2 Å². The smallest absolute Gasteiger partial charge is 0.135 e. The van der Waals surface area contributed by atoms with E-state index in [4.69, 9.17) is 29.1 Å². The highest BCUT2D eigenvalue weighted by Crippen LogP contribution is 2.47. The normalized spacial score (nSPS) is 20.2. The number of para-hydroxylation sites is 1. The first-order chi connectivity index (χ1) is 35.0. The van der Waals surface area contributed by atoms with Gasteiger partial charge in [-0.2, -0.15) is 0 Å². The van der Waals surface area contributed by atoms with E-state index in [-0.39, 0.29) is 0 Å². The minimum absolute atomic E-state index is 0.443. The van der Waals surface area contributed by atoms with E-state index in [1.54, 1.807) is 0 Å². The highest BCUT2D eigenvalue weighted by molar-refractivity contribution is 6.25. The van der Waals surface area contributed by atoms with E-state index in [1.807, 2.05) is 0 Å². The van der Waals surface area contributed by atoms with Gasteiger partial charge in [0.2, 0.25) is 0 Å². The van der Waals surface area contributed by atoms with Gasteiger partial charge in [-0.3, -0.25) is 0 Å². The van der Waals surface area contributed by atoms with Gasteiger partial charge in [0.25, 0.3) is 0 Å². The molecule has 218 valence electrons. The molecule has 10 rings (SSSR count). The van der Waals surface area contributed by atoms with Crippen molar-refractivity contribution in [1.29, 1.82) is 0 Å². The first kappa shape index (κ1) is 10.7. The molecule has 1 aromatic heterocycles. The molecule has 1 heterocycles. The highest BCUT2D eigenvalue weighted by atomic mass is 16.3. The lowest BCUT2D eigenvalue weighted by Gasteiger charge is -2.20. The van der Waals surface area contributed by atoms with Crippen LogP contribution in [-0.4, -0.2) is 0 Å². The Morgan fingerprint density at radius 1 is 0.319 bits per heavy atom. The highest BCUT2D eigenvalue weighted by Gasteiger charge is 2.20. The molecule has 0 fully saturated rings. The monoisotopic (exact) mass is 624 g/mol. The van der Waals surface area contributed by atoms with Gasteiger partial charge in [-0.15, -0.1) is 0 Å². The van der Waals surface area contributed by atoms with Gasteiger partial charge in [0.05, 0.1) is 38.4 Å². The summed E-state index contributed by atoms with van der Waals surface area (Å²) in [7, 11) is 0. The zero-order valence-corrected chi connectivity index (χ0v) is 23.4. The van der Waals surface area contributed by atoms with E-state index in [2.05, 4.69) is 0 Å². The van der Waals surface area contributed by atoms with Crippen molar-refractivity contribution in [3.63, 3.8) is 0 Å². The second-order valence-corrected chi connectivity index (χ2v) is 10.3. The molecule has 0 radical (unpaired) electrons. The fourth-order valence-electron chi connectivity index (χ4n) is 5.87. The number of furan rings is 1. The molecule has 9 aromatic carbocycles. The topological polar surface area (TPSA) is 13.1 Å². The second-order valence-electron chi connectivity index (χ2n) is 10.3. The molecule has 0 aliphatic heterocycles. The second kappa shape index (κ2) is 10.2. The summed E-state index contributed by atoms with van der Waals surface area (Å²) in [6.45, 7) is 0. The van der Waals surface area contributed by atoms with E-state index in [0.717, 1.165) is 0 Å². The molecule has 0 unspecified atom stereocenters. The van der Waals surface area contributed by atoms with Crippen molar-refractivity contribution in [3.05, 3.63) is 169 Å². The van der Waals surface area contributed by atoms with Crippen LogP contribution in [0.2, 0.25) is 0 Å². The lowest BCUT2D eigenvalue weighted by Crippen LogP contribution is -1.92. The molecule has 0 spiro atoms. The summed E-state index contributed by atoms with van der Waals surface area (Å²) in [4.78, 5) is 0. The van der Waals surface area contributed by atoms with Crippen molar-refractivity contribution >= 4 is 65.0 Å². The predicted octanol–water partition coefficient (Wildman–Crippen LogP) is 13.2. The quantitative estimate of drug-likeness (QED) is 0.178. The van der Waals surface area contributed by atoms with Crippen molar-refractivity contribution in [2.45, 2.75) is 0 Å². The molecule has 0 aliphatic carbocycles. The third-order valence-corrected chi connectivity index (χ3v) is 7.82. The fourth-order valence-corrected chi connectivity index (χ4v) is 5.87. The molecule has 47 heavy (non-hydrogen) atoms. The van der Waals surface area contributed by atoms with Gasteiger partial charge >= 0.3 is 0 Å². The van der Waals surface area contributed by atoms with Gasteiger partial charge in [-0.05, 0) is 94.6 Å². The van der Waals surface area contributed by atoms with Crippen LogP contribution in [0, 0.1) is 0 Å². The largest absolute Gasteiger partial charge is 0.456 e. The summed E-state index contributed by atoms with van der Waals surface area (Å²) in [6.07, 6.45) is 0. The van der Waals surface area contributed by atoms with Crippen molar-refractivity contribution in [2.24, 2.45) is 0 Å². The number of hydrogen-bond acceptors (Lipinski definition) is 1. The first-order valence-corrected chi connectivity index (χ1v) is 13.9. The number of fused-ring (bicyclic) bond motifs is 7. The first-order valence-electron chi connectivity index (χ1n) is 27.9. The van der Waals surface area contributed by atoms with Crippen LogP contribution >= 0.6 is 0 Å². The summed E-state index contributed by atoms with van der Waals surface area (Å²) in [6, 6.07) is -26.4. The molecule has 1 heteroatoms. The molecule has 0 amide bonds. The Kier molecular flexibility index (Phi) is 2.31. The number of rotatable bonds is 3. The minimum Gasteiger partial charge on any atom is -0.456 e. The average molecular weight is 625 g/mol. The Labute approximate surface area is 311 Å². The van der Waals surface area contributed by atoms with E-state index in [9.17, 15) is 13.7 Å². The summed E-state index contributed by atoms with van der Waals surface area (Å²) < 4.78 is 259. The predicted molar refractivity (Wildman–Crippen MR) is 200 cm³/mol. The Bertz CT molecular complexity index is 4350. The molecule has 0 atom stereocenters. The van der Waals surface area contributed by atoms with Crippen LogP contribution in [0.4, 0.5) is 0 Å². The van der Waals surface area contributed by atoms with Crippen LogP contribution in [-0.2, 0) is 0 Å². The van der Waals surface area contributed by atoms with Crippen LogP contribution in [0.1, 0.15) is 38.4 Å². The Balaban J connectivity index is 1.55. The van der Waals surface area contributed by atoms with Gasteiger partial charge in [-0.1, -0.05) is 151 Å². The Morgan fingerprint density at radius 2 is 0.809 bits per heavy atom. The molecule has 0 bridgehead atoms. The van der Waals surface area contributed by atoms with Crippen LogP contribution in [0.15, 0.2) is 174 Å². The minimum atomic E-state index is -1.12. The van der Waals surface area contributed by atoms with Crippen LogP contribution in [0.5, 0.6) is 0 Å². The maximum atomic E-state index is 9.89. The SMILES string of the molecule is [2H]c1c([2H])c([2H])c2c(oc3c([2H])c([2H])c(-c4c5c([2H])c([2H])c([2H])c([2H])c5c(-c5c([2H])c([2H])c(-c6c([2H])c([2H])c([2H])c7c([2H])c([2H])c([2H])c([2H])c67)c6c([2H])c([2H])c([2H])c([2H])c56)c5c([2H])c([2H])c([2H])c([2H])c45)c([2H])c32)c1[2H]. The number of hydrogen-bond donors (Lipinski definition) is 0. The molecule has 0 N–H and O–H groups in total. The van der Waals surface area contributed by atoms with Crippen LogP contribution in [0.25, 0.3) is 98.4 Å². The maximum Gasteiger partial charge on any atom is 0.135 e. The standard InChI is InChI=1S/C46H28O/c1-2-14-31-29(12-1)13-11-22-32(31)35-25-26-41(34-16-4-3-15-33(34)35)46-39-20-7-5-18-37(39)45(38-19-6-8-21-40(38)46)30-24-27-44-42(28-30)36-17-9-10-23-43(36)47-44/h1-28H/i1D,2D,3D,4D,5D,6D,7D,8D,9D,10D,11D,12D,13D,14D,15D,16D,17D,18D,19D,20D,21D,22D,23D,24D,25D,26D,27D,28D. The van der Waals surface area contributed by atoms with Gasteiger partial charge in [0, 0.05) is 10.8 Å². The van der Waals surface area contributed by atoms with E-state index >= 15 is 0 Å². The molecule has 0 saturated heterocycles. The fraction of sp³-hybridized carbons (Fsp3) is 0. The number of benzene rings is 9. The lowest BCUT2D eigenvalue weighted by molar-refractivity contribution is 0.669.